The van der Waals surface area contributed by atoms with Crippen molar-refractivity contribution in [2.45, 2.75) is 25.6 Å². The Balaban J connectivity index is 2.40. The van der Waals surface area contributed by atoms with E-state index in [-0.39, 0.29) is 6.04 Å². The second kappa shape index (κ2) is 8.18. The lowest BCUT2D eigenvalue weighted by molar-refractivity contribution is -0.140. The van der Waals surface area contributed by atoms with Gasteiger partial charge >= 0.3 is 6.18 Å². The van der Waals surface area contributed by atoms with Crippen LogP contribution in [0.5, 0.6) is 0 Å². The van der Waals surface area contributed by atoms with Crippen LogP contribution in [0.4, 0.5) is 13.2 Å². The Morgan fingerprint density at radius 1 is 1.52 bits per heavy atom. The van der Waals surface area contributed by atoms with Gasteiger partial charge < -0.3 is 15.4 Å². The molecule has 120 valence electrons. The molecule has 2 N–H and O–H groups in total. The van der Waals surface area contributed by atoms with Gasteiger partial charge in [-0.15, -0.1) is 11.3 Å². The molecule has 5 nitrogen and oxygen atoms in total. The van der Waals surface area contributed by atoms with Crippen molar-refractivity contribution in [2.75, 3.05) is 27.3 Å². The Morgan fingerprint density at radius 2 is 2.24 bits per heavy atom. The van der Waals surface area contributed by atoms with E-state index >= 15 is 0 Å². The third-order valence-corrected chi connectivity index (χ3v) is 3.41. The Bertz CT molecular complexity index is 462. The number of methoxy groups -OCH3 is 1. The fraction of sp³-hybridized carbons (Fsp3) is 0.667. The van der Waals surface area contributed by atoms with Crippen LogP contribution < -0.4 is 10.6 Å². The quantitative estimate of drug-likeness (QED) is 0.620. The lowest BCUT2D eigenvalue weighted by Gasteiger charge is -2.16. The number of aromatic nitrogens is 1. The van der Waals surface area contributed by atoms with Gasteiger partial charge in [0.25, 0.3) is 0 Å². The van der Waals surface area contributed by atoms with Crippen LogP contribution in [0.1, 0.15) is 17.6 Å². The van der Waals surface area contributed by atoms with Crippen LogP contribution in [-0.4, -0.2) is 44.3 Å². The predicted molar refractivity (Wildman–Crippen MR) is 76.7 cm³/mol. The second-order valence-corrected chi connectivity index (χ2v) is 5.32. The fourth-order valence-electron chi connectivity index (χ4n) is 1.56. The average molecular weight is 324 g/mol. The fourth-order valence-corrected chi connectivity index (χ4v) is 2.37. The summed E-state index contributed by atoms with van der Waals surface area (Å²) in [7, 11) is 3.23. The molecule has 1 atom stereocenters. The van der Waals surface area contributed by atoms with Gasteiger partial charge in [-0.25, -0.2) is 4.98 Å². The first-order chi connectivity index (χ1) is 9.86. The van der Waals surface area contributed by atoms with Crippen LogP contribution in [0.15, 0.2) is 10.4 Å². The van der Waals surface area contributed by atoms with Gasteiger partial charge in [0, 0.05) is 38.5 Å². The van der Waals surface area contributed by atoms with E-state index in [1.54, 1.807) is 14.2 Å². The van der Waals surface area contributed by atoms with Gasteiger partial charge in [0.15, 0.2) is 11.7 Å². The van der Waals surface area contributed by atoms with E-state index in [0.717, 1.165) is 16.7 Å². The third kappa shape index (κ3) is 6.30. The summed E-state index contributed by atoms with van der Waals surface area (Å²) in [5.74, 6) is 0.576. The molecule has 0 bridgehead atoms. The molecule has 0 radical (unpaired) electrons. The molecule has 1 rings (SSSR count). The third-order valence-electron chi connectivity index (χ3n) is 2.50. The van der Waals surface area contributed by atoms with E-state index in [0.29, 0.717) is 30.5 Å². The maximum Gasteiger partial charge on any atom is 0.434 e. The summed E-state index contributed by atoms with van der Waals surface area (Å²) >= 11 is 1.01. The summed E-state index contributed by atoms with van der Waals surface area (Å²) in [6.07, 6.45) is -3.98. The Labute approximate surface area is 125 Å². The highest BCUT2D eigenvalue weighted by Gasteiger charge is 2.33. The van der Waals surface area contributed by atoms with Crippen molar-refractivity contribution >= 4 is 17.3 Å². The van der Waals surface area contributed by atoms with E-state index < -0.39 is 11.9 Å². The van der Waals surface area contributed by atoms with E-state index in [1.165, 1.54) is 0 Å². The zero-order valence-corrected chi connectivity index (χ0v) is 12.9. The van der Waals surface area contributed by atoms with Crippen molar-refractivity contribution < 1.29 is 17.9 Å². The number of guanidine groups is 1. The number of thiazole rings is 1. The van der Waals surface area contributed by atoms with Gasteiger partial charge in [0.1, 0.15) is 0 Å². The highest BCUT2D eigenvalue weighted by molar-refractivity contribution is 7.09. The Kier molecular flexibility index (Phi) is 6.90. The molecule has 0 fully saturated rings. The zero-order chi connectivity index (χ0) is 15.9. The molecule has 0 aliphatic rings. The topological polar surface area (TPSA) is 58.5 Å². The van der Waals surface area contributed by atoms with E-state index in [2.05, 4.69) is 20.6 Å². The molecule has 0 saturated carbocycles. The van der Waals surface area contributed by atoms with Gasteiger partial charge in [-0.3, -0.25) is 4.99 Å². The van der Waals surface area contributed by atoms with Gasteiger partial charge in [0.2, 0.25) is 0 Å². The van der Waals surface area contributed by atoms with Crippen LogP contribution in [0, 0.1) is 0 Å². The molecule has 0 aliphatic heterocycles. The zero-order valence-electron chi connectivity index (χ0n) is 12.1. The van der Waals surface area contributed by atoms with Crippen molar-refractivity contribution in [1.29, 1.82) is 0 Å². The predicted octanol–water partition coefficient (Wildman–Crippen LogP) is 1.90. The first-order valence-corrected chi connectivity index (χ1v) is 7.22. The number of nitrogens with one attached hydrogen (secondary N) is 2. The molecule has 1 heterocycles. The summed E-state index contributed by atoms with van der Waals surface area (Å²) in [5, 5.41) is 7.59. The second-order valence-electron chi connectivity index (χ2n) is 4.37. The minimum Gasteiger partial charge on any atom is -0.383 e. The number of alkyl halides is 3. The number of hydrogen-bond acceptors (Lipinski definition) is 4. The van der Waals surface area contributed by atoms with Crippen LogP contribution in [0.3, 0.4) is 0 Å². The minimum atomic E-state index is -4.38. The van der Waals surface area contributed by atoms with Crippen molar-refractivity contribution in [3.05, 3.63) is 16.1 Å². The Morgan fingerprint density at radius 3 is 2.76 bits per heavy atom. The summed E-state index contributed by atoms with van der Waals surface area (Å²) in [6.45, 7) is 2.92. The smallest absolute Gasteiger partial charge is 0.383 e. The molecule has 1 unspecified atom stereocenters. The molecule has 9 heteroatoms. The molecular weight excluding hydrogens is 305 g/mol. The average Bonchev–Trinajstić information content (AvgIpc) is 2.86. The van der Waals surface area contributed by atoms with Crippen LogP contribution in [-0.2, 0) is 17.3 Å². The Hall–Kier alpha value is -1.35. The SMILES string of the molecule is CN=C(NCCc1nc(C(F)(F)F)cs1)NC(C)COC. The highest BCUT2D eigenvalue weighted by Crippen LogP contribution is 2.29. The van der Waals surface area contributed by atoms with Crippen molar-refractivity contribution in [3.8, 4) is 0 Å². The number of aliphatic imine (C=N–C) groups is 1. The van der Waals surface area contributed by atoms with Crippen molar-refractivity contribution in [3.63, 3.8) is 0 Å². The van der Waals surface area contributed by atoms with Crippen molar-refractivity contribution in [1.82, 2.24) is 15.6 Å². The number of nitrogens with zero attached hydrogens (tertiary/aromatic N) is 2. The standard InChI is InChI=1S/C12H19F3N4OS/c1-8(6-20-3)18-11(16-2)17-5-4-10-19-9(7-21-10)12(13,14)15/h7-8H,4-6H2,1-3H3,(H2,16,17,18). The van der Waals surface area contributed by atoms with E-state index in [4.69, 9.17) is 4.74 Å². The number of hydrogen-bond donors (Lipinski definition) is 2. The van der Waals surface area contributed by atoms with E-state index in [1.807, 2.05) is 6.92 Å². The van der Waals surface area contributed by atoms with Gasteiger partial charge in [-0.05, 0) is 6.92 Å². The molecule has 1 aromatic heterocycles. The molecule has 0 amide bonds. The number of ether oxygens (including phenoxy) is 1. The minimum absolute atomic E-state index is 0.0814. The van der Waals surface area contributed by atoms with Crippen LogP contribution >= 0.6 is 11.3 Å². The van der Waals surface area contributed by atoms with Gasteiger partial charge in [-0.2, -0.15) is 13.2 Å². The van der Waals surface area contributed by atoms with Crippen molar-refractivity contribution in [2.24, 2.45) is 4.99 Å². The first-order valence-electron chi connectivity index (χ1n) is 6.34. The first kappa shape index (κ1) is 17.7. The monoisotopic (exact) mass is 324 g/mol. The summed E-state index contributed by atoms with van der Waals surface area (Å²) < 4.78 is 42.2. The normalized spacial score (nSPS) is 14.1. The van der Waals surface area contributed by atoms with Crippen LogP contribution in [0.2, 0.25) is 0 Å². The lowest BCUT2D eigenvalue weighted by atomic mass is 10.3. The summed E-state index contributed by atoms with van der Waals surface area (Å²) in [4.78, 5) is 7.60. The van der Waals surface area contributed by atoms with Gasteiger partial charge in [-0.1, -0.05) is 0 Å². The van der Waals surface area contributed by atoms with Crippen LogP contribution in [0.25, 0.3) is 0 Å². The molecule has 21 heavy (non-hydrogen) atoms. The van der Waals surface area contributed by atoms with Gasteiger partial charge in [0.05, 0.1) is 11.6 Å². The van der Waals surface area contributed by atoms with E-state index in [9.17, 15) is 13.2 Å². The largest absolute Gasteiger partial charge is 0.434 e. The number of rotatable bonds is 6. The maximum absolute atomic E-state index is 12.4. The number of halogens is 3. The lowest BCUT2D eigenvalue weighted by Crippen LogP contribution is -2.44. The summed E-state index contributed by atoms with van der Waals surface area (Å²) in [6, 6.07) is 0.0814. The summed E-state index contributed by atoms with van der Waals surface area (Å²) in [5.41, 5.74) is -0.835. The molecule has 0 spiro atoms. The highest BCUT2D eigenvalue weighted by atomic mass is 32.1. The molecular formula is C12H19F3N4OS. The maximum atomic E-state index is 12.4. The molecule has 0 saturated heterocycles. The molecule has 0 aromatic carbocycles. The molecule has 0 aliphatic carbocycles. The molecule has 1 aromatic rings.